The number of carbonyl (C=O) groups excluding carboxylic acids is 1. The zero-order valence-corrected chi connectivity index (χ0v) is 14.3. The number of aromatic hydroxyl groups is 1. The van der Waals surface area contributed by atoms with E-state index < -0.39 is 30.8 Å². The Kier molecular flexibility index (Phi) is 5.51. The molecule has 25 heavy (non-hydrogen) atoms. The Morgan fingerprint density at radius 3 is 2.40 bits per heavy atom. The summed E-state index contributed by atoms with van der Waals surface area (Å²) in [6.07, 6.45) is 2.19. The molecule has 8 nitrogen and oxygen atoms in total. The number of phenols is 1. The largest absolute Gasteiger partial charge is 0.508 e. The molecule has 0 saturated carbocycles. The minimum Gasteiger partial charge on any atom is -0.508 e. The molecule has 6 N–H and O–H groups in total. The van der Waals surface area contributed by atoms with Crippen LogP contribution in [0.2, 0.25) is 0 Å². The maximum atomic E-state index is 12.1. The predicted octanol–water partition coefficient (Wildman–Crippen LogP) is 1.03. The maximum Gasteiger partial charge on any atom is 0.427 e. The highest BCUT2D eigenvalue weighted by molar-refractivity contribution is 7.49. The smallest absolute Gasteiger partial charge is 0.427 e. The number of phenolic OH excluding ortho intramolecular Hbond substituents is 1. The predicted molar refractivity (Wildman–Crippen MR) is 89.3 cm³/mol. The number of rotatable bonds is 6. The van der Waals surface area contributed by atoms with Gasteiger partial charge in [0.2, 0.25) is 0 Å². The summed E-state index contributed by atoms with van der Waals surface area (Å²) in [7, 11) is -4.71. The van der Waals surface area contributed by atoms with E-state index in [0.717, 1.165) is 6.08 Å². The molecule has 9 heteroatoms. The quantitative estimate of drug-likeness (QED) is 0.322. The van der Waals surface area contributed by atoms with Gasteiger partial charge in [-0.05, 0) is 29.7 Å². The Balaban J connectivity index is 2.32. The van der Waals surface area contributed by atoms with E-state index in [2.05, 4.69) is 0 Å². The second-order valence-electron chi connectivity index (χ2n) is 5.99. The number of benzene rings is 1. The third kappa shape index (κ3) is 5.01. The van der Waals surface area contributed by atoms with Gasteiger partial charge in [-0.2, -0.15) is 0 Å². The Hall–Kier alpha value is -1.96. The highest BCUT2D eigenvalue weighted by Crippen LogP contribution is 2.37. The van der Waals surface area contributed by atoms with Crippen molar-refractivity contribution < 1.29 is 34.5 Å². The fourth-order valence-corrected chi connectivity index (χ4v) is 3.34. The van der Waals surface area contributed by atoms with Gasteiger partial charge in [0.05, 0.1) is 5.57 Å². The maximum absolute atomic E-state index is 12.1. The minimum atomic E-state index is -4.71. The molecule has 2 rings (SSSR count). The van der Waals surface area contributed by atoms with Gasteiger partial charge in [0.25, 0.3) is 0 Å². The minimum absolute atomic E-state index is 0.0390. The zero-order valence-electron chi connectivity index (χ0n) is 13.5. The van der Waals surface area contributed by atoms with Crippen LogP contribution in [-0.2, 0) is 9.36 Å². The van der Waals surface area contributed by atoms with E-state index in [1.54, 1.807) is 19.1 Å². The molecule has 0 amide bonds. The highest BCUT2D eigenvalue weighted by Gasteiger charge is 2.39. The molecule has 0 spiro atoms. The van der Waals surface area contributed by atoms with E-state index in [9.17, 15) is 24.7 Å². The molecule has 0 saturated heterocycles. The van der Waals surface area contributed by atoms with Crippen LogP contribution in [0, 0.1) is 0 Å². The number of carbonyl (C=O) groups is 1. The first-order valence-electron chi connectivity index (χ1n) is 7.51. The lowest BCUT2D eigenvalue weighted by molar-refractivity contribution is -0.146. The summed E-state index contributed by atoms with van der Waals surface area (Å²) in [5, 5.41) is 32.1. The summed E-state index contributed by atoms with van der Waals surface area (Å²) in [6.45, 7) is 1.70. The van der Waals surface area contributed by atoms with Crippen molar-refractivity contribution in [2.75, 3.05) is 0 Å². The van der Waals surface area contributed by atoms with Crippen LogP contribution in [0.15, 0.2) is 47.7 Å². The standard InChI is InChI=1S/C16H20NO7P/c1-10(11-5-7-12(18)8-6-11)9-16(20,21)15-13(17-25(22,23)24)3-2-4-14(15)19/h2,4-8,10,18,20-21H,3,9H2,1H3,(H3,17,22,23,24). The molecule has 0 bridgehead atoms. The van der Waals surface area contributed by atoms with Gasteiger partial charge < -0.3 is 25.1 Å². The Morgan fingerprint density at radius 2 is 1.84 bits per heavy atom. The molecule has 1 aromatic carbocycles. The number of hydrogen-bond acceptors (Lipinski definition) is 5. The van der Waals surface area contributed by atoms with E-state index in [0.29, 0.717) is 5.56 Å². The van der Waals surface area contributed by atoms with Crippen molar-refractivity contribution in [3.05, 3.63) is 53.3 Å². The lowest BCUT2D eigenvalue weighted by Crippen LogP contribution is -2.39. The monoisotopic (exact) mass is 369 g/mol. The van der Waals surface area contributed by atoms with Crippen molar-refractivity contribution in [3.8, 4) is 5.75 Å². The number of ketones is 1. The van der Waals surface area contributed by atoms with Gasteiger partial charge in [0.1, 0.15) is 5.75 Å². The van der Waals surface area contributed by atoms with E-state index in [4.69, 9.17) is 9.79 Å². The van der Waals surface area contributed by atoms with Crippen LogP contribution in [0.3, 0.4) is 0 Å². The summed E-state index contributed by atoms with van der Waals surface area (Å²) in [5.74, 6) is -3.65. The van der Waals surface area contributed by atoms with E-state index in [1.165, 1.54) is 18.2 Å². The van der Waals surface area contributed by atoms with Crippen molar-refractivity contribution in [3.63, 3.8) is 0 Å². The molecule has 0 fully saturated rings. The van der Waals surface area contributed by atoms with Crippen molar-refractivity contribution in [2.45, 2.75) is 31.5 Å². The number of allylic oxidation sites excluding steroid dienone is 2. The molecule has 0 aliphatic heterocycles. The number of aliphatic hydroxyl groups is 2. The van der Waals surface area contributed by atoms with Gasteiger partial charge in [0, 0.05) is 18.5 Å². The molecular weight excluding hydrogens is 349 g/mol. The van der Waals surface area contributed by atoms with Crippen LogP contribution < -0.4 is 5.09 Å². The van der Waals surface area contributed by atoms with Crippen LogP contribution in [0.25, 0.3) is 0 Å². The van der Waals surface area contributed by atoms with Crippen molar-refractivity contribution in [2.24, 2.45) is 0 Å². The van der Waals surface area contributed by atoms with Crippen molar-refractivity contribution in [1.82, 2.24) is 5.09 Å². The second-order valence-corrected chi connectivity index (χ2v) is 7.31. The number of nitrogens with one attached hydrogen (secondary N) is 1. The first kappa shape index (κ1) is 19.4. The van der Waals surface area contributed by atoms with Gasteiger partial charge in [-0.15, -0.1) is 0 Å². The molecule has 1 aliphatic rings. The Bertz CT molecular complexity index is 761. The second kappa shape index (κ2) is 7.11. The molecule has 0 heterocycles. The summed E-state index contributed by atoms with van der Waals surface area (Å²) < 4.78 is 11.2. The first-order valence-corrected chi connectivity index (χ1v) is 9.13. The van der Waals surface area contributed by atoms with Crippen LogP contribution in [0.5, 0.6) is 5.75 Å². The molecule has 136 valence electrons. The molecule has 1 atom stereocenters. The lowest BCUT2D eigenvalue weighted by atomic mass is 9.85. The van der Waals surface area contributed by atoms with Crippen molar-refractivity contribution >= 4 is 13.5 Å². The third-order valence-electron chi connectivity index (χ3n) is 3.87. The SMILES string of the molecule is CC(CC(O)(O)C1=C(NP(=O)(O)O)CC=CC1=O)c1ccc(O)cc1. The molecule has 1 unspecified atom stereocenters. The molecule has 0 aromatic heterocycles. The average molecular weight is 369 g/mol. The molecule has 1 aliphatic carbocycles. The van der Waals surface area contributed by atoms with Gasteiger partial charge in [-0.25, -0.2) is 4.57 Å². The number of hydrogen-bond donors (Lipinski definition) is 6. The van der Waals surface area contributed by atoms with E-state index in [1.807, 2.05) is 5.09 Å². The van der Waals surface area contributed by atoms with Gasteiger partial charge in [0.15, 0.2) is 11.6 Å². The van der Waals surface area contributed by atoms with Crippen molar-refractivity contribution in [1.29, 1.82) is 0 Å². The van der Waals surface area contributed by atoms with Gasteiger partial charge in [-0.3, -0.25) is 9.88 Å². The normalized spacial score (nSPS) is 16.9. The Morgan fingerprint density at radius 1 is 1.24 bits per heavy atom. The summed E-state index contributed by atoms with van der Waals surface area (Å²) in [5.41, 5.74) is 0.00173. The Labute approximate surface area is 144 Å². The zero-order chi connectivity index (χ0) is 18.8. The van der Waals surface area contributed by atoms with E-state index in [-0.39, 0.29) is 24.3 Å². The van der Waals surface area contributed by atoms with Crippen LogP contribution in [0.4, 0.5) is 0 Å². The van der Waals surface area contributed by atoms with E-state index >= 15 is 0 Å². The van der Waals surface area contributed by atoms with Crippen LogP contribution in [-0.4, -0.2) is 36.7 Å². The van der Waals surface area contributed by atoms with Crippen LogP contribution >= 0.6 is 7.75 Å². The first-order chi connectivity index (χ1) is 11.5. The fraction of sp³-hybridized carbons (Fsp3) is 0.312. The lowest BCUT2D eigenvalue weighted by Gasteiger charge is -2.30. The highest BCUT2D eigenvalue weighted by atomic mass is 31.2. The summed E-state index contributed by atoms with van der Waals surface area (Å²) >= 11 is 0. The summed E-state index contributed by atoms with van der Waals surface area (Å²) in [6, 6.07) is 6.14. The fourth-order valence-electron chi connectivity index (χ4n) is 2.78. The van der Waals surface area contributed by atoms with Crippen LogP contribution in [0.1, 0.15) is 31.2 Å². The van der Waals surface area contributed by atoms with Gasteiger partial charge >= 0.3 is 7.75 Å². The third-order valence-corrected chi connectivity index (χ3v) is 4.43. The topological polar surface area (TPSA) is 147 Å². The average Bonchev–Trinajstić information content (AvgIpc) is 2.45. The van der Waals surface area contributed by atoms with Gasteiger partial charge in [-0.1, -0.05) is 25.1 Å². The molecule has 1 aromatic rings. The molecular formula is C16H20NO7P. The molecule has 0 radical (unpaired) electrons. The summed E-state index contributed by atoms with van der Waals surface area (Å²) in [4.78, 5) is 30.2.